The van der Waals surface area contributed by atoms with Crippen LogP contribution in [0.25, 0.3) is 10.9 Å². The molecule has 2 N–H and O–H groups in total. The van der Waals surface area contributed by atoms with Crippen molar-refractivity contribution in [1.29, 1.82) is 5.26 Å². The van der Waals surface area contributed by atoms with Crippen LogP contribution in [0.3, 0.4) is 0 Å². The number of nitriles is 1. The summed E-state index contributed by atoms with van der Waals surface area (Å²) in [7, 11) is 0. The van der Waals surface area contributed by atoms with Crippen molar-refractivity contribution in [2.75, 3.05) is 17.2 Å². The summed E-state index contributed by atoms with van der Waals surface area (Å²) in [5, 5.41) is 9.85. The minimum atomic E-state index is 0.259. The number of rotatable bonds is 4. The van der Waals surface area contributed by atoms with Crippen LogP contribution in [0, 0.1) is 11.3 Å². The van der Waals surface area contributed by atoms with E-state index in [1.807, 2.05) is 18.2 Å². The highest BCUT2D eigenvalue weighted by Gasteiger charge is 2.17. The Hall–Kier alpha value is -1.80. The van der Waals surface area contributed by atoms with Crippen LogP contribution >= 0.6 is 15.9 Å². The normalized spacial score (nSPS) is 10.8. The van der Waals surface area contributed by atoms with Crippen LogP contribution in [0.15, 0.2) is 28.9 Å². The molecule has 2 rings (SSSR count). The quantitative estimate of drug-likeness (QED) is 0.926. The summed E-state index contributed by atoms with van der Waals surface area (Å²) in [4.78, 5) is 6.53. The summed E-state index contributed by atoms with van der Waals surface area (Å²) in [6, 6.07) is 8.40. The van der Waals surface area contributed by atoms with Crippen molar-refractivity contribution < 1.29 is 0 Å². The number of nitrogens with two attached hydrogens (primary N) is 1. The van der Waals surface area contributed by atoms with Gasteiger partial charge in [-0.25, -0.2) is 0 Å². The third-order valence-corrected chi connectivity index (χ3v) is 3.70. The zero-order valence-corrected chi connectivity index (χ0v) is 13.2. The molecule has 0 saturated heterocycles. The summed E-state index contributed by atoms with van der Waals surface area (Å²) in [5.74, 6) is 0. The van der Waals surface area contributed by atoms with E-state index >= 15 is 0 Å². The van der Waals surface area contributed by atoms with Crippen LogP contribution in [0.1, 0.15) is 20.3 Å². The van der Waals surface area contributed by atoms with E-state index in [1.54, 1.807) is 6.20 Å². The predicted molar refractivity (Wildman–Crippen MR) is 86.6 cm³/mol. The molecule has 1 aromatic carbocycles. The minimum absolute atomic E-state index is 0.259. The molecule has 5 heteroatoms. The lowest BCUT2D eigenvalue weighted by atomic mass is 10.1. The first-order valence-corrected chi connectivity index (χ1v) is 7.31. The van der Waals surface area contributed by atoms with Crippen LogP contribution in [0.2, 0.25) is 0 Å². The zero-order valence-electron chi connectivity index (χ0n) is 11.6. The van der Waals surface area contributed by atoms with Gasteiger partial charge in [0.2, 0.25) is 0 Å². The highest BCUT2D eigenvalue weighted by Crippen LogP contribution is 2.34. The van der Waals surface area contributed by atoms with Crippen LogP contribution in [0.5, 0.6) is 0 Å². The summed E-state index contributed by atoms with van der Waals surface area (Å²) in [6.45, 7) is 4.85. The maximum absolute atomic E-state index is 8.84. The molecule has 2 aromatic rings. The van der Waals surface area contributed by atoms with Crippen molar-refractivity contribution in [1.82, 2.24) is 4.98 Å². The second kappa shape index (κ2) is 6.10. The number of pyridine rings is 1. The van der Waals surface area contributed by atoms with Gasteiger partial charge >= 0.3 is 0 Å². The lowest BCUT2D eigenvalue weighted by molar-refractivity contribution is 0.689. The number of fused-ring (bicyclic) bond motifs is 1. The Morgan fingerprint density at radius 3 is 2.85 bits per heavy atom. The van der Waals surface area contributed by atoms with Crippen molar-refractivity contribution in [3.8, 4) is 6.07 Å². The average Bonchev–Trinajstić information content (AvgIpc) is 2.41. The van der Waals surface area contributed by atoms with Gasteiger partial charge in [0.25, 0.3) is 0 Å². The van der Waals surface area contributed by atoms with E-state index in [0.29, 0.717) is 18.7 Å². The van der Waals surface area contributed by atoms with Crippen molar-refractivity contribution >= 4 is 38.2 Å². The van der Waals surface area contributed by atoms with E-state index in [4.69, 9.17) is 11.0 Å². The van der Waals surface area contributed by atoms with E-state index in [2.05, 4.69) is 45.7 Å². The van der Waals surface area contributed by atoms with Crippen molar-refractivity contribution in [3.05, 3.63) is 28.9 Å². The maximum Gasteiger partial charge on any atom is 0.0745 e. The predicted octanol–water partition coefficient (Wildman–Crippen LogP) is 3.71. The number of hydrogen-bond donors (Lipinski definition) is 1. The van der Waals surface area contributed by atoms with E-state index in [-0.39, 0.29) is 6.04 Å². The van der Waals surface area contributed by atoms with Crippen LogP contribution in [-0.2, 0) is 0 Å². The Labute approximate surface area is 127 Å². The Kier molecular flexibility index (Phi) is 4.46. The van der Waals surface area contributed by atoms with Gasteiger partial charge in [-0.15, -0.1) is 0 Å². The number of hydrogen-bond acceptors (Lipinski definition) is 4. The fraction of sp³-hybridized carbons (Fsp3) is 0.333. The first kappa shape index (κ1) is 14.6. The Morgan fingerprint density at radius 1 is 1.45 bits per heavy atom. The fourth-order valence-electron chi connectivity index (χ4n) is 2.29. The molecule has 0 aliphatic rings. The molecule has 1 aromatic heterocycles. The molecular formula is C15H17BrN4. The molecule has 0 atom stereocenters. The van der Waals surface area contributed by atoms with Gasteiger partial charge in [-0.2, -0.15) is 5.26 Å². The maximum atomic E-state index is 8.84. The Morgan fingerprint density at radius 2 is 2.20 bits per heavy atom. The standard InChI is InChI=1S/C15H17BrN4/c1-10(2)20(7-3-6-17)15-12-8-11(16)4-5-14(12)19-9-13(15)18/h4-5,8-10H,3,7,18H2,1-2H3. The highest BCUT2D eigenvalue weighted by atomic mass is 79.9. The molecule has 0 fully saturated rings. The molecule has 0 aliphatic carbocycles. The van der Waals surface area contributed by atoms with Crippen LogP contribution in [0.4, 0.5) is 11.4 Å². The van der Waals surface area contributed by atoms with Gasteiger partial charge in [0.15, 0.2) is 0 Å². The van der Waals surface area contributed by atoms with E-state index < -0.39 is 0 Å². The Balaban J connectivity index is 2.63. The van der Waals surface area contributed by atoms with E-state index in [0.717, 1.165) is 21.1 Å². The summed E-state index contributed by atoms with van der Waals surface area (Å²) in [5.41, 5.74) is 8.65. The van der Waals surface area contributed by atoms with Crippen molar-refractivity contribution in [2.24, 2.45) is 0 Å². The Bertz CT molecular complexity index is 655. The zero-order chi connectivity index (χ0) is 14.7. The van der Waals surface area contributed by atoms with E-state index in [9.17, 15) is 0 Å². The lowest BCUT2D eigenvalue weighted by Gasteiger charge is -2.30. The summed E-state index contributed by atoms with van der Waals surface area (Å²) < 4.78 is 0.989. The summed E-state index contributed by atoms with van der Waals surface area (Å²) >= 11 is 3.49. The first-order valence-electron chi connectivity index (χ1n) is 6.52. The van der Waals surface area contributed by atoms with Crippen molar-refractivity contribution in [3.63, 3.8) is 0 Å². The second-order valence-electron chi connectivity index (χ2n) is 4.92. The number of nitrogens with zero attached hydrogens (tertiary/aromatic N) is 3. The molecule has 0 radical (unpaired) electrons. The van der Waals surface area contributed by atoms with Gasteiger partial charge in [-0.1, -0.05) is 15.9 Å². The van der Waals surface area contributed by atoms with Gasteiger partial charge in [-0.3, -0.25) is 4.98 Å². The fourth-order valence-corrected chi connectivity index (χ4v) is 2.65. The average molecular weight is 333 g/mol. The molecule has 104 valence electrons. The number of aromatic nitrogens is 1. The van der Waals surface area contributed by atoms with Gasteiger partial charge < -0.3 is 10.6 Å². The molecule has 0 aliphatic heterocycles. The number of anilines is 2. The number of benzene rings is 1. The van der Waals surface area contributed by atoms with Crippen LogP contribution in [-0.4, -0.2) is 17.6 Å². The molecule has 0 saturated carbocycles. The largest absolute Gasteiger partial charge is 0.396 e. The third kappa shape index (κ3) is 2.86. The minimum Gasteiger partial charge on any atom is -0.396 e. The molecular weight excluding hydrogens is 316 g/mol. The smallest absolute Gasteiger partial charge is 0.0745 e. The second-order valence-corrected chi connectivity index (χ2v) is 5.83. The van der Waals surface area contributed by atoms with Crippen LogP contribution < -0.4 is 10.6 Å². The molecule has 0 spiro atoms. The number of nitrogen functional groups attached to an aromatic ring is 1. The molecule has 0 unspecified atom stereocenters. The third-order valence-electron chi connectivity index (χ3n) is 3.20. The molecule has 0 amide bonds. The lowest BCUT2D eigenvalue weighted by Crippen LogP contribution is -2.32. The van der Waals surface area contributed by atoms with Gasteiger partial charge in [0.05, 0.1) is 35.6 Å². The number of halogens is 1. The van der Waals surface area contributed by atoms with E-state index in [1.165, 1.54) is 0 Å². The summed E-state index contributed by atoms with van der Waals surface area (Å²) in [6.07, 6.45) is 2.16. The topological polar surface area (TPSA) is 65.9 Å². The first-order chi connectivity index (χ1) is 9.54. The molecule has 20 heavy (non-hydrogen) atoms. The highest BCUT2D eigenvalue weighted by molar-refractivity contribution is 9.10. The van der Waals surface area contributed by atoms with Crippen molar-refractivity contribution in [2.45, 2.75) is 26.3 Å². The monoisotopic (exact) mass is 332 g/mol. The van der Waals surface area contributed by atoms with Gasteiger partial charge in [0.1, 0.15) is 0 Å². The molecule has 1 heterocycles. The van der Waals surface area contributed by atoms with Gasteiger partial charge in [-0.05, 0) is 32.0 Å². The molecule has 0 bridgehead atoms. The van der Waals surface area contributed by atoms with Gasteiger partial charge in [0, 0.05) is 22.4 Å². The SMILES string of the molecule is CC(C)N(CCC#N)c1c(N)cnc2ccc(Br)cc12. The molecule has 4 nitrogen and oxygen atoms in total.